The molecule has 6 rings (SSSR count). The number of hydrogen-bond donors (Lipinski definition) is 0. The molecule has 7 heteroatoms. The highest BCUT2D eigenvalue weighted by atomic mass is 16.6. The number of fused-ring (bicyclic) bond motifs is 1. The molecule has 3 heterocycles. The lowest BCUT2D eigenvalue weighted by Gasteiger charge is -2.28. The first-order valence-corrected chi connectivity index (χ1v) is 15.0. The van der Waals surface area contributed by atoms with E-state index in [0.29, 0.717) is 32.0 Å². The zero-order valence-corrected chi connectivity index (χ0v) is 24.9. The van der Waals surface area contributed by atoms with Gasteiger partial charge in [-0.3, -0.25) is 9.88 Å². The zero-order chi connectivity index (χ0) is 29.6. The number of nitrogens with zero attached hydrogens (tertiary/aromatic N) is 3. The summed E-state index contributed by atoms with van der Waals surface area (Å²) in [4.78, 5) is 6.70. The van der Waals surface area contributed by atoms with E-state index in [1.54, 1.807) is 12.4 Å². The van der Waals surface area contributed by atoms with Gasteiger partial charge in [0.05, 0.1) is 5.56 Å². The minimum Gasteiger partial charge on any atom is -0.489 e. The summed E-state index contributed by atoms with van der Waals surface area (Å²) in [6, 6.07) is 20.5. The van der Waals surface area contributed by atoms with Gasteiger partial charge in [-0.25, -0.2) is 0 Å². The molecule has 0 atom stereocenters. The molecule has 220 valence electrons. The summed E-state index contributed by atoms with van der Waals surface area (Å²) in [5.74, 6) is 3.15. The number of ether oxygens (including phenoxy) is 4. The molecule has 1 aromatic heterocycles. The number of nitriles is 1. The molecule has 0 aliphatic carbocycles. The van der Waals surface area contributed by atoms with E-state index >= 15 is 0 Å². The van der Waals surface area contributed by atoms with Crippen LogP contribution in [0.1, 0.15) is 52.6 Å². The third-order valence-electron chi connectivity index (χ3n) is 8.25. The van der Waals surface area contributed by atoms with Crippen molar-refractivity contribution < 1.29 is 18.9 Å². The van der Waals surface area contributed by atoms with Crippen LogP contribution in [0.3, 0.4) is 0 Å². The number of benzene rings is 3. The lowest BCUT2D eigenvalue weighted by molar-refractivity contribution is 0.171. The second-order valence-electron chi connectivity index (χ2n) is 11.3. The number of piperidine rings is 1. The summed E-state index contributed by atoms with van der Waals surface area (Å²) >= 11 is 0. The van der Waals surface area contributed by atoms with Gasteiger partial charge in [0, 0.05) is 36.1 Å². The zero-order valence-electron chi connectivity index (χ0n) is 24.9. The summed E-state index contributed by atoms with van der Waals surface area (Å²) in [6.45, 7) is 9.21. The molecule has 0 saturated carbocycles. The molecule has 1 saturated heterocycles. The van der Waals surface area contributed by atoms with Gasteiger partial charge < -0.3 is 18.9 Å². The van der Waals surface area contributed by atoms with Gasteiger partial charge in [-0.1, -0.05) is 30.7 Å². The van der Waals surface area contributed by atoms with Gasteiger partial charge in [0.15, 0.2) is 11.5 Å². The highest BCUT2D eigenvalue weighted by molar-refractivity contribution is 5.71. The Morgan fingerprint density at radius 1 is 0.884 bits per heavy atom. The summed E-state index contributed by atoms with van der Waals surface area (Å²) < 4.78 is 24.3. The maximum Gasteiger partial charge on any atom is 0.161 e. The molecular weight excluding hydrogens is 538 g/mol. The molecule has 0 unspecified atom stereocenters. The Morgan fingerprint density at radius 2 is 1.72 bits per heavy atom. The smallest absolute Gasteiger partial charge is 0.161 e. The minimum atomic E-state index is 0.328. The number of pyridine rings is 1. The van der Waals surface area contributed by atoms with Crippen molar-refractivity contribution in [2.45, 2.75) is 52.9 Å². The normalized spacial score (nSPS) is 14.6. The van der Waals surface area contributed by atoms with Crippen LogP contribution in [0.2, 0.25) is 0 Å². The van der Waals surface area contributed by atoms with E-state index in [-0.39, 0.29) is 0 Å². The lowest BCUT2D eigenvalue weighted by atomic mass is 9.96. The number of aryl methyl sites for hydroxylation is 1. The van der Waals surface area contributed by atoms with E-state index in [1.165, 1.54) is 30.4 Å². The molecule has 4 aromatic rings. The highest BCUT2D eigenvalue weighted by Gasteiger charge is 2.18. The van der Waals surface area contributed by atoms with Crippen LogP contribution in [0.15, 0.2) is 67.0 Å². The number of likely N-dealkylation sites (tertiary alicyclic amines) is 1. The molecular formula is C36H37N3O4. The first-order chi connectivity index (χ1) is 21.1. The Labute approximate surface area is 253 Å². The van der Waals surface area contributed by atoms with Gasteiger partial charge in [0.25, 0.3) is 0 Å². The first-order valence-electron chi connectivity index (χ1n) is 15.0. The summed E-state index contributed by atoms with van der Waals surface area (Å²) in [5, 5.41) is 9.28. The summed E-state index contributed by atoms with van der Waals surface area (Å²) in [5.41, 5.74) is 8.22. The largest absolute Gasteiger partial charge is 0.489 e. The van der Waals surface area contributed by atoms with Gasteiger partial charge >= 0.3 is 0 Å². The molecule has 43 heavy (non-hydrogen) atoms. The predicted molar refractivity (Wildman–Crippen MR) is 166 cm³/mol. The molecule has 0 radical (unpaired) electrons. The Morgan fingerprint density at radius 3 is 2.56 bits per heavy atom. The van der Waals surface area contributed by atoms with E-state index in [1.807, 2.05) is 18.2 Å². The number of rotatable bonds is 9. The number of aromatic nitrogens is 1. The van der Waals surface area contributed by atoms with Crippen LogP contribution in [0.5, 0.6) is 23.0 Å². The molecule has 0 bridgehead atoms. The van der Waals surface area contributed by atoms with Crippen LogP contribution in [-0.2, 0) is 19.8 Å². The fourth-order valence-electron chi connectivity index (χ4n) is 5.82. The highest BCUT2D eigenvalue weighted by Crippen LogP contribution is 2.37. The monoisotopic (exact) mass is 575 g/mol. The van der Waals surface area contributed by atoms with Crippen LogP contribution >= 0.6 is 0 Å². The standard InChI is InChI=1S/C36H37N3O4/c1-25-15-31(42-24-30-7-6-8-32(26(30)2)29-9-10-34-36(17-29)41-14-13-40-34)18-35(33(25)22-39-11-4-3-5-12-39)43-23-28-16-27(19-37)20-38-21-28/h6-10,15-18,20-21H,3-5,11-14,22-24H2,1-2H3. The maximum atomic E-state index is 9.28. The van der Waals surface area contributed by atoms with Crippen LogP contribution < -0.4 is 18.9 Å². The Hall–Kier alpha value is -4.54. The van der Waals surface area contributed by atoms with Crippen molar-refractivity contribution in [1.82, 2.24) is 9.88 Å². The van der Waals surface area contributed by atoms with Gasteiger partial charge in [-0.05, 0) is 91.9 Å². The van der Waals surface area contributed by atoms with Crippen molar-refractivity contribution >= 4 is 0 Å². The molecule has 2 aliphatic heterocycles. The van der Waals surface area contributed by atoms with Crippen LogP contribution in [-0.4, -0.2) is 36.2 Å². The van der Waals surface area contributed by atoms with Crippen LogP contribution in [0, 0.1) is 25.2 Å². The third-order valence-corrected chi connectivity index (χ3v) is 8.25. The van der Waals surface area contributed by atoms with E-state index < -0.39 is 0 Å². The Balaban J connectivity index is 1.23. The SMILES string of the molecule is Cc1cc(OCc2cccc(-c3ccc4c(c3)OCCO4)c2C)cc(OCc2cncc(C#N)c2)c1CN1CCCCC1. The molecule has 3 aromatic carbocycles. The fraction of sp³-hybridized carbons (Fsp3) is 0.333. The molecule has 0 N–H and O–H groups in total. The van der Waals surface area contributed by atoms with Gasteiger partial charge in [-0.2, -0.15) is 5.26 Å². The fourth-order valence-corrected chi connectivity index (χ4v) is 5.82. The van der Waals surface area contributed by atoms with Gasteiger partial charge in [-0.15, -0.1) is 0 Å². The quantitative estimate of drug-likeness (QED) is 0.210. The van der Waals surface area contributed by atoms with Crippen molar-refractivity contribution in [3.05, 3.63) is 100 Å². The topological polar surface area (TPSA) is 76.8 Å². The average Bonchev–Trinajstić information content (AvgIpc) is 3.05. The predicted octanol–water partition coefficient (Wildman–Crippen LogP) is 7.15. The average molecular weight is 576 g/mol. The van der Waals surface area contributed by atoms with Gasteiger partial charge in [0.2, 0.25) is 0 Å². The molecule has 0 amide bonds. The Bertz CT molecular complexity index is 1640. The molecule has 7 nitrogen and oxygen atoms in total. The van der Waals surface area contributed by atoms with Crippen LogP contribution in [0.4, 0.5) is 0 Å². The maximum absolute atomic E-state index is 9.28. The first kappa shape index (κ1) is 28.6. The van der Waals surface area contributed by atoms with Crippen LogP contribution in [0.25, 0.3) is 11.1 Å². The van der Waals surface area contributed by atoms with Crippen molar-refractivity contribution in [3.8, 4) is 40.2 Å². The van der Waals surface area contributed by atoms with E-state index in [4.69, 9.17) is 18.9 Å². The minimum absolute atomic E-state index is 0.328. The molecule has 1 fully saturated rings. The Kier molecular flexibility index (Phi) is 8.76. The second kappa shape index (κ2) is 13.2. The summed E-state index contributed by atoms with van der Waals surface area (Å²) in [6.07, 6.45) is 7.06. The van der Waals surface area contributed by atoms with E-state index in [9.17, 15) is 5.26 Å². The van der Waals surface area contributed by atoms with Crippen molar-refractivity contribution in [2.24, 2.45) is 0 Å². The van der Waals surface area contributed by atoms with Crippen molar-refractivity contribution in [3.63, 3.8) is 0 Å². The molecule has 0 spiro atoms. The van der Waals surface area contributed by atoms with Gasteiger partial charge in [0.1, 0.15) is 44.0 Å². The lowest BCUT2D eigenvalue weighted by Crippen LogP contribution is -2.29. The van der Waals surface area contributed by atoms with E-state index in [2.05, 4.69) is 66.2 Å². The van der Waals surface area contributed by atoms with Crippen molar-refractivity contribution in [2.75, 3.05) is 26.3 Å². The van der Waals surface area contributed by atoms with E-state index in [0.717, 1.165) is 70.4 Å². The second-order valence-corrected chi connectivity index (χ2v) is 11.3. The van der Waals surface area contributed by atoms with Crippen molar-refractivity contribution in [1.29, 1.82) is 5.26 Å². The third kappa shape index (κ3) is 6.76. The summed E-state index contributed by atoms with van der Waals surface area (Å²) in [7, 11) is 0. The molecule has 2 aliphatic rings. The number of hydrogen-bond acceptors (Lipinski definition) is 7.